The van der Waals surface area contributed by atoms with Crippen molar-refractivity contribution in [3.63, 3.8) is 0 Å². The van der Waals surface area contributed by atoms with E-state index in [-0.39, 0.29) is 55.4 Å². The van der Waals surface area contributed by atoms with E-state index in [0.29, 0.717) is 152 Å². The number of aromatic nitrogens is 8. The number of imidazole rings is 2. The number of benzene rings is 6. The van der Waals surface area contributed by atoms with Crippen LogP contribution in [-0.2, 0) is 106 Å². The molecule has 0 radical (unpaired) electrons. The smallest absolute Gasteiger partial charge is 0.407 e. The fourth-order valence-corrected chi connectivity index (χ4v) is 16.6. The Bertz CT molecular complexity index is 5540. The summed E-state index contributed by atoms with van der Waals surface area (Å²) < 4.78 is 150. The maximum Gasteiger partial charge on any atom is 0.407 e. The minimum Gasteiger partial charge on any atom is -0.480 e. The zero-order chi connectivity index (χ0) is 98.1. The van der Waals surface area contributed by atoms with Gasteiger partial charge in [0.2, 0.25) is 51.9 Å². The number of hydrogen-bond acceptors (Lipinski definition) is 28. The number of aromatic amines is 2. The van der Waals surface area contributed by atoms with Crippen LogP contribution in [0.1, 0.15) is 98.8 Å². The second-order valence-electron chi connectivity index (χ2n) is 30.1. The number of H-pyrrole nitrogens is 2. The highest BCUT2D eigenvalue weighted by Crippen LogP contribution is 2.27. The molecule has 136 heavy (non-hydrogen) atoms. The third-order valence-electron chi connectivity index (χ3n) is 20.2. The Labute approximate surface area is 789 Å². The zero-order valence-electron chi connectivity index (χ0n) is 76.3. The molecule has 10 rings (SSSR count). The van der Waals surface area contributed by atoms with Crippen LogP contribution in [-0.4, -0.2) is 283 Å². The lowest BCUT2D eigenvalue weighted by molar-refractivity contribution is -0.139. The fraction of sp³-hybridized carbons (Fsp3) is 0.427. The van der Waals surface area contributed by atoms with Gasteiger partial charge in [-0.05, 0) is 166 Å². The first-order valence-electron chi connectivity index (χ1n) is 44.1. The predicted octanol–water partition coefficient (Wildman–Crippen LogP) is 6.20. The number of sulfonamides is 4. The molecule has 0 saturated carbocycles. The molecule has 0 aliphatic rings. The summed E-state index contributed by atoms with van der Waals surface area (Å²) in [5.74, 6) is -3.33. The van der Waals surface area contributed by atoms with Crippen LogP contribution in [0.4, 0.5) is 16.7 Å². The average molecular weight is 1970 g/mol. The first-order valence-corrected chi connectivity index (χ1v) is 50.0. The monoisotopic (exact) mass is 1970 g/mol. The van der Waals surface area contributed by atoms with Crippen molar-refractivity contribution in [3.05, 3.63) is 182 Å². The molecule has 3 atom stereocenters. The Morgan fingerprint density at radius 1 is 0.419 bits per heavy atom. The van der Waals surface area contributed by atoms with Crippen molar-refractivity contribution in [3.8, 4) is 22.3 Å². The number of nitrogens with zero attached hydrogens (tertiary/aromatic N) is 6. The lowest BCUT2D eigenvalue weighted by atomic mass is 10.1. The van der Waals surface area contributed by atoms with E-state index in [1.807, 2.05) is 9.36 Å². The topological polar surface area (TPSA) is 586 Å². The number of alkyl carbamates (subject to hydrolysis) is 1. The molecule has 4 aromatic heterocycles. The van der Waals surface area contributed by atoms with E-state index < -0.39 is 101 Å². The third kappa shape index (κ3) is 37.1. The number of anilines is 2. The lowest BCUT2D eigenvalue weighted by Crippen LogP contribution is -2.48. The highest BCUT2D eigenvalue weighted by molar-refractivity contribution is 7.90. The molecule has 3 unspecified atom stereocenters. The summed E-state index contributed by atoms with van der Waals surface area (Å²) in [6, 6.07) is 29.1. The Balaban J connectivity index is 0.000000251. The van der Waals surface area contributed by atoms with E-state index in [0.717, 1.165) is 73.5 Å². The van der Waals surface area contributed by atoms with Gasteiger partial charge in [0.25, 0.3) is 11.8 Å². The van der Waals surface area contributed by atoms with E-state index in [4.69, 9.17) is 28.4 Å². The molecule has 6 aromatic carbocycles. The molecule has 5 amide bonds. The summed E-state index contributed by atoms with van der Waals surface area (Å²) in [4.78, 5) is 100. The molecule has 15 N–H and O–H groups in total. The summed E-state index contributed by atoms with van der Waals surface area (Å²) in [7, 11) is -11.9. The van der Waals surface area contributed by atoms with Crippen LogP contribution in [0.3, 0.4) is 0 Å². The SMILES string of the molecule is CCCCOCCOCCOCCCNC(=O)CCC(NC(=O)OC)C(=O)NCCCOCCOCCOCCCC.CNS(=O)(=O)c1ccc(-c2ccc(S(=O)(=O)NC(CNC(=O)c3ccc4c(cnn4CCCNc4ncc[nH]4)c3)C(=O)O)cc2)cc1.CNS(=O)(=O)c1ccc(-c2ccc(S(=O)(=O)NC(CNC(=O)c3ccc4c(cnn4CCCNc4ncc[nH]4)c3)C(=O)O)cc2)cc1. The van der Waals surface area contributed by atoms with Crippen LogP contribution in [0.15, 0.2) is 190 Å². The van der Waals surface area contributed by atoms with Gasteiger partial charge in [-0.25, -0.2) is 57.9 Å². The summed E-state index contributed by atoms with van der Waals surface area (Å²) >= 11 is 0. The van der Waals surface area contributed by atoms with Crippen LogP contribution in [0, 0.1) is 0 Å². The number of hydrogen-bond donors (Lipinski definition) is 15. The molecular weight excluding hydrogens is 1850 g/mol. The number of amides is 5. The molecule has 0 saturated heterocycles. The summed E-state index contributed by atoms with van der Waals surface area (Å²) in [5.41, 5.74) is 4.68. The summed E-state index contributed by atoms with van der Waals surface area (Å²) in [6.45, 7) is 13.3. The molecule has 43 nitrogen and oxygen atoms in total. The second-order valence-corrected chi connectivity index (χ2v) is 37.3. The minimum absolute atomic E-state index is 0.0733. The molecule has 0 aliphatic carbocycles. The van der Waals surface area contributed by atoms with Crippen LogP contribution < -0.4 is 56.1 Å². The normalized spacial score (nSPS) is 12.3. The molecule has 0 bridgehead atoms. The maximum atomic E-state index is 13.0. The highest BCUT2D eigenvalue weighted by atomic mass is 32.2. The van der Waals surface area contributed by atoms with Crippen molar-refractivity contribution in [2.75, 3.05) is 150 Å². The first-order chi connectivity index (χ1) is 65.5. The maximum absolute atomic E-state index is 13.0. The minimum atomic E-state index is -4.28. The van der Waals surface area contributed by atoms with Crippen molar-refractivity contribution in [1.82, 2.24) is 85.0 Å². The molecule has 0 fully saturated rings. The number of carboxylic acid groups (broad SMARTS) is 2. The molecule has 10 aromatic rings. The third-order valence-corrected chi connectivity index (χ3v) is 26.1. The number of carbonyl (C=O) groups is 7. The summed E-state index contributed by atoms with van der Waals surface area (Å²) in [5, 5.41) is 49.0. The van der Waals surface area contributed by atoms with Crippen LogP contribution in [0.2, 0.25) is 0 Å². The Hall–Kier alpha value is -12.2. The van der Waals surface area contributed by atoms with Crippen molar-refractivity contribution in [2.24, 2.45) is 0 Å². The Morgan fingerprint density at radius 3 is 1.11 bits per heavy atom. The largest absolute Gasteiger partial charge is 0.480 e. The summed E-state index contributed by atoms with van der Waals surface area (Å²) in [6.07, 6.45) is 16.6. The van der Waals surface area contributed by atoms with Gasteiger partial charge < -0.3 is 90.6 Å². The van der Waals surface area contributed by atoms with Crippen molar-refractivity contribution < 1.29 is 111 Å². The average Bonchev–Trinajstić information content (AvgIpc) is 1.65. The van der Waals surface area contributed by atoms with Crippen LogP contribution in [0.5, 0.6) is 0 Å². The van der Waals surface area contributed by atoms with Crippen molar-refractivity contribution >= 4 is 115 Å². The second kappa shape index (κ2) is 57.6. The van der Waals surface area contributed by atoms with Gasteiger partial charge in [-0.15, -0.1) is 0 Å². The number of ether oxygens (including phenoxy) is 7. The molecular formula is C89H121N19O24S4. The predicted molar refractivity (Wildman–Crippen MR) is 506 cm³/mol. The van der Waals surface area contributed by atoms with Crippen molar-refractivity contribution in [2.45, 2.75) is 129 Å². The number of carbonyl (C=O) groups excluding carboxylic acids is 5. The Morgan fingerprint density at radius 2 is 0.772 bits per heavy atom. The molecule has 0 aliphatic heterocycles. The number of fused-ring (bicyclic) bond motifs is 2. The fourth-order valence-electron chi connectivity index (χ4n) is 12.7. The quantitative estimate of drug-likeness (QED) is 0.0189. The molecule has 0 spiro atoms. The van der Waals surface area contributed by atoms with E-state index in [1.165, 1.54) is 94.0 Å². The number of unbranched alkanes of at least 4 members (excludes halogenated alkanes) is 2. The van der Waals surface area contributed by atoms with E-state index in [1.54, 1.807) is 97.8 Å². The number of carboxylic acids is 2. The zero-order valence-corrected chi connectivity index (χ0v) is 79.6. The number of rotatable bonds is 61. The number of aryl methyl sites for hydroxylation is 2. The van der Waals surface area contributed by atoms with Crippen LogP contribution in [0.25, 0.3) is 44.1 Å². The van der Waals surface area contributed by atoms with Gasteiger partial charge >= 0.3 is 18.0 Å². The number of methoxy groups -OCH3 is 1. The number of nitrogens with one attached hydrogen (secondary N) is 13. The lowest BCUT2D eigenvalue weighted by Gasteiger charge is -2.17. The van der Waals surface area contributed by atoms with E-state index >= 15 is 0 Å². The molecule has 4 heterocycles. The van der Waals surface area contributed by atoms with Gasteiger partial charge in [0.1, 0.15) is 18.1 Å². The van der Waals surface area contributed by atoms with Gasteiger partial charge in [-0.1, -0.05) is 75.2 Å². The number of aliphatic carboxylic acids is 2. The Kier molecular flexibility index (Phi) is 46.2. The standard InChI is InChI=1S/2C30H32N8O7S2.C29H57N3O10/c2*1-31-46(42,43)24-8-3-20(4-9-24)21-5-10-25(11-6-21)47(44,45)37-26(29(40)41)19-35-28(39)22-7-12-27-23(17-22)18-36-38(27)16-2-13-32-30-33-14-15-34-30;1-4-6-14-37-18-22-41-24-20-39-16-8-12-30-27(33)11-10-26(32-29(35)36-3)28(34)31-13-9-17-40-21-25-42-23-19-38-15-7-5-2/h2*3-12,14-15,17-18,26,31,37H,2,13,16,19H2,1H3,(H,35,39)(H,40,41)(H2,32,33,34);26H,4-25H2,1-3H3,(H,30,33)(H,31,34)(H,32,35). The first kappa shape index (κ1) is 109. The van der Waals surface area contributed by atoms with Gasteiger partial charge in [-0.2, -0.15) is 19.6 Å². The molecule has 740 valence electrons. The molecule has 47 heteroatoms. The van der Waals surface area contributed by atoms with Crippen molar-refractivity contribution in [1.29, 1.82) is 0 Å². The van der Waals surface area contributed by atoms with E-state index in [2.05, 4.69) is 105 Å². The van der Waals surface area contributed by atoms with Gasteiger partial charge in [-0.3, -0.25) is 38.1 Å². The van der Waals surface area contributed by atoms with Gasteiger partial charge in [0.05, 0.1) is 103 Å². The van der Waals surface area contributed by atoms with Gasteiger partial charge in [0.15, 0.2) is 11.9 Å². The van der Waals surface area contributed by atoms with Crippen LogP contribution >= 0.6 is 0 Å². The highest BCUT2D eigenvalue weighted by Gasteiger charge is 2.30. The van der Waals surface area contributed by atoms with Gasteiger partial charge in [0, 0.05) is 132 Å². The van der Waals surface area contributed by atoms with E-state index in [9.17, 15) is 77.4 Å².